The van der Waals surface area contributed by atoms with Crippen molar-refractivity contribution in [2.75, 3.05) is 14.2 Å². The number of amides is 1. The van der Waals surface area contributed by atoms with Crippen molar-refractivity contribution in [1.82, 2.24) is 15.0 Å². The van der Waals surface area contributed by atoms with E-state index >= 15 is 0 Å². The van der Waals surface area contributed by atoms with Crippen LogP contribution in [-0.4, -0.2) is 35.9 Å². The molecule has 9 heteroatoms. The molecule has 0 atom stereocenters. The van der Waals surface area contributed by atoms with Crippen LogP contribution in [0.5, 0.6) is 11.5 Å². The highest BCUT2D eigenvalue weighted by Crippen LogP contribution is 2.23. The third-order valence-corrected chi connectivity index (χ3v) is 5.25. The van der Waals surface area contributed by atoms with E-state index in [1.165, 1.54) is 35.6 Å². The Bertz CT molecular complexity index is 1090. The Labute approximate surface area is 165 Å². The second kappa shape index (κ2) is 8.66. The Morgan fingerprint density at radius 3 is 2.86 bits per heavy atom. The molecule has 1 N–H and O–H groups in total. The molecule has 8 nitrogen and oxygen atoms in total. The molecule has 1 aromatic carbocycles. The molecule has 0 aliphatic carbocycles. The first-order valence-corrected chi connectivity index (χ1v) is 9.39. The van der Waals surface area contributed by atoms with Gasteiger partial charge in [-0.05, 0) is 24.6 Å². The highest BCUT2D eigenvalue weighted by atomic mass is 32.1. The van der Waals surface area contributed by atoms with Gasteiger partial charge in [0.15, 0.2) is 0 Å². The van der Waals surface area contributed by atoms with E-state index < -0.39 is 5.91 Å². The number of thiophene rings is 1. The number of hydrazone groups is 1. The van der Waals surface area contributed by atoms with Crippen molar-refractivity contribution in [3.8, 4) is 11.5 Å². The van der Waals surface area contributed by atoms with Crippen molar-refractivity contribution in [2.24, 2.45) is 5.10 Å². The normalized spacial score (nSPS) is 11.1. The highest BCUT2D eigenvalue weighted by Gasteiger charge is 2.10. The smallest absolute Gasteiger partial charge is 0.262 e. The number of nitrogens with zero attached hydrogens (tertiary/aromatic N) is 3. The number of aryl methyl sites for hydroxylation is 1. The van der Waals surface area contributed by atoms with Crippen molar-refractivity contribution in [3.05, 3.63) is 51.4 Å². The van der Waals surface area contributed by atoms with E-state index in [9.17, 15) is 9.59 Å². The first-order chi connectivity index (χ1) is 13.5. The Morgan fingerprint density at radius 1 is 1.32 bits per heavy atom. The maximum absolute atomic E-state index is 12.5. The summed E-state index contributed by atoms with van der Waals surface area (Å²) in [5.41, 5.74) is 2.85. The van der Waals surface area contributed by atoms with Crippen LogP contribution >= 0.6 is 11.3 Å². The minimum absolute atomic E-state index is 0.170. The summed E-state index contributed by atoms with van der Waals surface area (Å²) in [6.45, 7) is 1.85. The molecule has 0 radical (unpaired) electrons. The second-order valence-corrected chi connectivity index (χ2v) is 6.98. The van der Waals surface area contributed by atoms with E-state index in [0.717, 1.165) is 11.3 Å². The number of rotatable bonds is 7. The fourth-order valence-electron chi connectivity index (χ4n) is 2.59. The van der Waals surface area contributed by atoms with Gasteiger partial charge in [0.2, 0.25) is 0 Å². The number of nitrogens with one attached hydrogen (secondary N) is 1. The molecule has 28 heavy (non-hydrogen) atoms. The molecule has 0 unspecified atom stereocenters. The number of ether oxygens (including phenoxy) is 2. The topological polar surface area (TPSA) is 94.8 Å². The summed E-state index contributed by atoms with van der Waals surface area (Å²) in [7, 11) is 3.10. The van der Waals surface area contributed by atoms with E-state index in [1.54, 1.807) is 25.3 Å². The number of carbonyl (C=O) groups excluding carboxylic acids is 1. The van der Waals surface area contributed by atoms with E-state index in [0.29, 0.717) is 27.3 Å². The summed E-state index contributed by atoms with van der Waals surface area (Å²) >= 11 is 1.49. The van der Waals surface area contributed by atoms with Gasteiger partial charge >= 0.3 is 0 Å². The summed E-state index contributed by atoms with van der Waals surface area (Å²) in [6, 6.07) is 7.07. The lowest BCUT2D eigenvalue weighted by Gasteiger charge is -2.07. The van der Waals surface area contributed by atoms with Gasteiger partial charge in [0, 0.05) is 16.5 Å². The summed E-state index contributed by atoms with van der Waals surface area (Å²) in [6.07, 6.45) is 3.69. The number of aromatic nitrogens is 2. The summed E-state index contributed by atoms with van der Waals surface area (Å²) in [4.78, 5) is 30.7. The maximum atomic E-state index is 12.5. The van der Waals surface area contributed by atoms with Crippen LogP contribution in [0.25, 0.3) is 10.2 Å². The molecule has 0 spiro atoms. The zero-order chi connectivity index (χ0) is 20.1. The first kappa shape index (κ1) is 19.6. The van der Waals surface area contributed by atoms with Crippen molar-refractivity contribution in [2.45, 2.75) is 19.9 Å². The average molecular weight is 400 g/mol. The van der Waals surface area contributed by atoms with Crippen LogP contribution < -0.4 is 20.5 Å². The Kier molecular flexibility index (Phi) is 6.05. The van der Waals surface area contributed by atoms with Crippen LogP contribution in [0.4, 0.5) is 0 Å². The molecular weight excluding hydrogens is 380 g/mol. The molecule has 0 aliphatic heterocycles. The average Bonchev–Trinajstić information content (AvgIpc) is 3.14. The SMILES string of the molecule is CCc1cc2c(=O)n(CC(=O)N/N=C/c3ccc(OC)cc3OC)cnc2s1. The van der Waals surface area contributed by atoms with Gasteiger partial charge in [-0.2, -0.15) is 5.10 Å². The molecule has 2 heterocycles. The summed E-state index contributed by atoms with van der Waals surface area (Å²) in [5.74, 6) is 0.783. The van der Waals surface area contributed by atoms with E-state index in [2.05, 4.69) is 15.5 Å². The third kappa shape index (κ3) is 4.20. The molecular formula is C19H20N4O4S. The van der Waals surface area contributed by atoms with Crippen molar-refractivity contribution in [3.63, 3.8) is 0 Å². The third-order valence-electron chi connectivity index (χ3n) is 4.07. The first-order valence-electron chi connectivity index (χ1n) is 8.57. The Balaban J connectivity index is 1.69. The number of hydrogen-bond acceptors (Lipinski definition) is 7. The second-order valence-electron chi connectivity index (χ2n) is 5.86. The molecule has 146 valence electrons. The molecule has 3 aromatic rings. The molecule has 2 aromatic heterocycles. The van der Waals surface area contributed by atoms with Gasteiger partial charge in [-0.1, -0.05) is 6.92 Å². The van der Waals surface area contributed by atoms with Crippen LogP contribution in [-0.2, 0) is 17.8 Å². The minimum Gasteiger partial charge on any atom is -0.497 e. The number of methoxy groups -OCH3 is 2. The summed E-state index contributed by atoms with van der Waals surface area (Å²) < 4.78 is 11.7. The fourth-order valence-corrected chi connectivity index (χ4v) is 3.51. The number of fused-ring (bicyclic) bond motifs is 1. The van der Waals surface area contributed by atoms with Crippen LogP contribution in [0.15, 0.2) is 40.5 Å². The van der Waals surface area contributed by atoms with Crippen molar-refractivity contribution < 1.29 is 14.3 Å². The van der Waals surface area contributed by atoms with E-state index in [1.807, 2.05) is 13.0 Å². The summed E-state index contributed by atoms with van der Waals surface area (Å²) in [5, 5.41) is 4.46. The number of hydrogen-bond donors (Lipinski definition) is 1. The zero-order valence-corrected chi connectivity index (χ0v) is 16.6. The maximum Gasteiger partial charge on any atom is 0.262 e. The lowest BCUT2D eigenvalue weighted by molar-refractivity contribution is -0.121. The van der Waals surface area contributed by atoms with Gasteiger partial charge in [0.05, 0.1) is 32.1 Å². The van der Waals surface area contributed by atoms with Crippen LogP contribution in [0.1, 0.15) is 17.4 Å². The largest absolute Gasteiger partial charge is 0.497 e. The van der Waals surface area contributed by atoms with Gasteiger partial charge in [-0.25, -0.2) is 10.4 Å². The number of benzene rings is 1. The molecule has 0 bridgehead atoms. The van der Waals surface area contributed by atoms with Gasteiger partial charge in [-0.3, -0.25) is 14.2 Å². The van der Waals surface area contributed by atoms with Crippen LogP contribution in [0.3, 0.4) is 0 Å². The highest BCUT2D eigenvalue weighted by molar-refractivity contribution is 7.18. The van der Waals surface area contributed by atoms with Crippen molar-refractivity contribution >= 4 is 33.7 Å². The molecule has 3 rings (SSSR count). The molecule has 0 saturated carbocycles. The lowest BCUT2D eigenvalue weighted by Crippen LogP contribution is -2.29. The zero-order valence-electron chi connectivity index (χ0n) is 15.8. The fraction of sp³-hybridized carbons (Fsp3) is 0.263. The predicted octanol–water partition coefficient (Wildman–Crippen LogP) is 2.19. The molecule has 0 saturated heterocycles. The van der Waals surface area contributed by atoms with Crippen LogP contribution in [0, 0.1) is 0 Å². The van der Waals surface area contributed by atoms with Crippen LogP contribution in [0.2, 0.25) is 0 Å². The van der Waals surface area contributed by atoms with Gasteiger partial charge in [0.1, 0.15) is 22.9 Å². The Hall–Kier alpha value is -3.20. The minimum atomic E-state index is -0.432. The van der Waals surface area contributed by atoms with Gasteiger partial charge < -0.3 is 9.47 Å². The monoisotopic (exact) mass is 400 g/mol. The molecule has 1 amide bonds. The van der Waals surface area contributed by atoms with Gasteiger partial charge in [-0.15, -0.1) is 11.3 Å². The van der Waals surface area contributed by atoms with Gasteiger partial charge in [0.25, 0.3) is 11.5 Å². The molecule has 0 aliphatic rings. The van der Waals surface area contributed by atoms with E-state index in [-0.39, 0.29) is 12.1 Å². The lowest BCUT2D eigenvalue weighted by atomic mass is 10.2. The quantitative estimate of drug-likeness (QED) is 0.485. The number of carbonyl (C=O) groups is 1. The predicted molar refractivity (Wildman–Crippen MR) is 109 cm³/mol. The Morgan fingerprint density at radius 2 is 2.14 bits per heavy atom. The van der Waals surface area contributed by atoms with Crippen molar-refractivity contribution in [1.29, 1.82) is 0 Å². The van der Waals surface area contributed by atoms with E-state index in [4.69, 9.17) is 9.47 Å². The standard InChI is InChI=1S/C19H20N4O4S/c1-4-14-8-15-18(28-14)20-11-23(19(15)25)10-17(24)22-21-9-12-5-6-13(26-2)7-16(12)27-3/h5-9,11H,4,10H2,1-3H3,(H,22,24)/b21-9+. The molecule has 0 fully saturated rings.